The summed E-state index contributed by atoms with van der Waals surface area (Å²) in [6, 6.07) is 6.92. The molecule has 1 saturated heterocycles. The number of nitrogens with zero attached hydrogens (tertiary/aromatic N) is 4. The first kappa shape index (κ1) is 20.9. The van der Waals surface area contributed by atoms with Gasteiger partial charge in [0, 0.05) is 36.7 Å². The molecule has 2 aliphatic heterocycles. The molecule has 174 valence electrons. The highest BCUT2D eigenvalue weighted by molar-refractivity contribution is 5.97. The molecule has 1 amide bonds. The van der Waals surface area contributed by atoms with Crippen molar-refractivity contribution < 1.29 is 22.4 Å². The van der Waals surface area contributed by atoms with Gasteiger partial charge in [-0.2, -0.15) is 5.10 Å². The van der Waals surface area contributed by atoms with E-state index in [0.29, 0.717) is 34.7 Å². The van der Waals surface area contributed by atoms with Gasteiger partial charge in [0.05, 0.1) is 17.4 Å². The van der Waals surface area contributed by atoms with Gasteiger partial charge in [-0.15, -0.1) is 0 Å². The van der Waals surface area contributed by atoms with Crippen molar-refractivity contribution in [2.24, 2.45) is 7.05 Å². The predicted molar refractivity (Wildman–Crippen MR) is 118 cm³/mol. The van der Waals surface area contributed by atoms with Crippen LogP contribution in [0, 0.1) is 24.4 Å². The molecule has 2 bridgehead atoms. The summed E-state index contributed by atoms with van der Waals surface area (Å²) < 4.78 is 48.7. The standard InChI is InChI=1S/C25H21F3N4O2/c1-12-29-19-7-6-13(10-21(19)34-12)25(33)32-15-4-3-5-20(32)23-16(11-15)24(31(2)30-23)14-8-17(26)22(28)18(27)9-14/h6-10,15,20H,3-5,11H2,1-2H3. The van der Waals surface area contributed by atoms with Crippen molar-refractivity contribution in [3.63, 3.8) is 0 Å². The maximum atomic E-state index is 14.0. The van der Waals surface area contributed by atoms with Crippen LogP contribution in [0.2, 0.25) is 0 Å². The van der Waals surface area contributed by atoms with E-state index in [4.69, 9.17) is 4.42 Å². The van der Waals surface area contributed by atoms with Gasteiger partial charge in [0.2, 0.25) is 0 Å². The Balaban J connectivity index is 1.42. The number of piperidine rings is 1. The first-order valence-corrected chi connectivity index (χ1v) is 11.2. The number of aryl methyl sites for hydroxylation is 2. The monoisotopic (exact) mass is 466 g/mol. The van der Waals surface area contributed by atoms with E-state index in [1.807, 2.05) is 4.90 Å². The summed E-state index contributed by atoms with van der Waals surface area (Å²) >= 11 is 0. The molecule has 2 aromatic carbocycles. The molecule has 34 heavy (non-hydrogen) atoms. The van der Waals surface area contributed by atoms with Gasteiger partial charge < -0.3 is 9.32 Å². The van der Waals surface area contributed by atoms with Crippen molar-refractivity contribution in [2.75, 3.05) is 0 Å². The summed E-state index contributed by atoms with van der Waals surface area (Å²) in [5.74, 6) is -3.55. The summed E-state index contributed by atoms with van der Waals surface area (Å²) in [6.45, 7) is 1.76. The first-order valence-electron chi connectivity index (χ1n) is 11.2. The minimum Gasteiger partial charge on any atom is -0.441 e. The lowest BCUT2D eigenvalue weighted by Gasteiger charge is -2.45. The van der Waals surface area contributed by atoms with Gasteiger partial charge >= 0.3 is 0 Å². The third-order valence-electron chi connectivity index (χ3n) is 6.91. The fourth-order valence-electron chi connectivity index (χ4n) is 5.52. The number of aromatic nitrogens is 3. The number of hydrogen-bond acceptors (Lipinski definition) is 4. The quantitative estimate of drug-likeness (QED) is 0.379. The molecular formula is C25H21F3N4O2. The highest BCUT2D eigenvalue weighted by Crippen LogP contribution is 2.45. The number of halogens is 3. The van der Waals surface area contributed by atoms with Crippen LogP contribution in [-0.2, 0) is 13.5 Å². The molecule has 1 fully saturated rings. The molecule has 2 unspecified atom stereocenters. The molecule has 6 rings (SSSR count). The Morgan fingerprint density at radius 1 is 1.12 bits per heavy atom. The minimum atomic E-state index is -1.49. The highest BCUT2D eigenvalue weighted by Gasteiger charge is 2.43. The number of amides is 1. The Bertz CT molecular complexity index is 1450. The van der Waals surface area contributed by atoms with E-state index in [1.165, 1.54) is 0 Å². The molecular weight excluding hydrogens is 445 g/mol. The topological polar surface area (TPSA) is 64.2 Å². The zero-order valence-electron chi connectivity index (χ0n) is 18.6. The smallest absolute Gasteiger partial charge is 0.254 e. The number of carbonyl (C=O) groups is 1. The molecule has 6 nitrogen and oxygen atoms in total. The molecule has 0 N–H and O–H groups in total. The molecule has 0 radical (unpaired) electrons. The molecule has 0 saturated carbocycles. The predicted octanol–water partition coefficient (Wildman–Crippen LogP) is 5.25. The lowest BCUT2D eigenvalue weighted by atomic mass is 9.81. The zero-order valence-corrected chi connectivity index (χ0v) is 18.6. The number of rotatable bonds is 2. The summed E-state index contributed by atoms with van der Waals surface area (Å²) in [5.41, 5.74) is 4.14. The van der Waals surface area contributed by atoms with E-state index in [-0.39, 0.29) is 23.6 Å². The molecule has 9 heteroatoms. The third-order valence-corrected chi connectivity index (χ3v) is 6.91. The Kier molecular flexibility index (Phi) is 4.59. The van der Waals surface area contributed by atoms with Crippen molar-refractivity contribution in [3.8, 4) is 11.3 Å². The van der Waals surface area contributed by atoms with E-state index in [0.717, 1.165) is 42.7 Å². The Hall–Kier alpha value is -3.62. The number of oxazole rings is 1. The maximum Gasteiger partial charge on any atom is 0.254 e. The van der Waals surface area contributed by atoms with Crippen LogP contribution in [-0.4, -0.2) is 31.6 Å². The van der Waals surface area contributed by atoms with Crippen molar-refractivity contribution >= 4 is 17.0 Å². The summed E-state index contributed by atoms with van der Waals surface area (Å²) in [5, 5.41) is 4.67. The summed E-state index contributed by atoms with van der Waals surface area (Å²) in [6.07, 6.45) is 3.00. The highest BCUT2D eigenvalue weighted by atomic mass is 19.2. The average Bonchev–Trinajstić information content (AvgIpc) is 3.33. The largest absolute Gasteiger partial charge is 0.441 e. The van der Waals surface area contributed by atoms with Gasteiger partial charge in [-0.3, -0.25) is 9.48 Å². The third kappa shape index (κ3) is 3.06. The van der Waals surface area contributed by atoms with Crippen LogP contribution in [0.25, 0.3) is 22.4 Å². The summed E-state index contributed by atoms with van der Waals surface area (Å²) in [7, 11) is 1.70. The van der Waals surface area contributed by atoms with Gasteiger partial charge in [0.1, 0.15) is 5.52 Å². The number of carbonyl (C=O) groups excluding carboxylic acids is 1. The fourth-order valence-corrected chi connectivity index (χ4v) is 5.52. The van der Waals surface area contributed by atoms with E-state index >= 15 is 0 Å². The Labute approximate surface area is 193 Å². The molecule has 2 aliphatic rings. The van der Waals surface area contributed by atoms with Crippen molar-refractivity contribution in [1.29, 1.82) is 0 Å². The number of fused-ring (bicyclic) bond motifs is 5. The fraction of sp³-hybridized carbons (Fsp3) is 0.320. The average molecular weight is 466 g/mol. The lowest BCUT2D eigenvalue weighted by Crippen LogP contribution is -2.49. The van der Waals surface area contributed by atoms with Gasteiger partial charge in [0.25, 0.3) is 5.91 Å². The lowest BCUT2D eigenvalue weighted by molar-refractivity contribution is 0.0392. The Morgan fingerprint density at radius 3 is 2.65 bits per heavy atom. The van der Waals surface area contributed by atoms with Crippen LogP contribution < -0.4 is 0 Å². The molecule has 0 spiro atoms. The van der Waals surface area contributed by atoms with E-state index in [9.17, 15) is 18.0 Å². The van der Waals surface area contributed by atoms with E-state index < -0.39 is 17.5 Å². The molecule has 2 atom stereocenters. The normalized spacial score (nSPS) is 19.5. The summed E-state index contributed by atoms with van der Waals surface area (Å²) in [4.78, 5) is 19.8. The minimum absolute atomic E-state index is 0.0796. The van der Waals surface area contributed by atoms with Crippen LogP contribution >= 0.6 is 0 Å². The Morgan fingerprint density at radius 2 is 1.88 bits per heavy atom. The SMILES string of the molecule is Cc1nc2ccc(C(=O)N3C4CCCC3c3nn(C)c(-c5cc(F)c(F)c(F)c5)c3C4)cc2o1. The van der Waals surface area contributed by atoms with Crippen LogP contribution in [0.15, 0.2) is 34.7 Å². The van der Waals surface area contributed by atoms with Crippen LogP contribution in [0.4, 0.5) is 13.2 Å². The van der Waals surface area contributed by atoms with Gasteiger partial charge in [-0.25, -0.2) is 18.2 Å². The molecule has 2 aromatic heterocycles. The maximum absolute atomic E-state index is 14.0. The molecule has 4 aromatic rings. The van der Waals surface area contributed by atoms with Gasteiger partial charge in [0.15, 0.2) is 28.9 Å². The molecule has 4 heterocycles. The second kappa shape index (κ2) is 7.44. The van der Waals surface area contributed by atoms with Gasteiger partial charge in [-0.05, 0) is 56.0 Å². The van der Waals surface area contributed by atoms with Crippen molar-refractivity contribution in [3.05, 3.63) is 70.5 Å². The van der Waals surface area contributed by atoms with Crippen molar-refractivity contribution in [1.82, 2.24) is 19.7 Å². The first-order chi connectivity index (χ1) is 16.3. The van der Waals surface area contributed by atoms with Crippen LogP contribution in [0.5, 0.6) is 0 Å². The molecule has 0 aliphatic carbocycles. The van der Waals surface area contributed by atoms with Crippen LogP contribution in [0.3, 0.4) is 0 Å². The van der Waals surface area contributed by atoms with E-state index in [1.54, 1.807) is 36.9 Å². The second-order valence-corrected chi connectivity index (χ2v) is 9.02. The second-order valence-electron chi connectivity index (χ2n) is 9.02. The van der Waals surface area contributed by atoms with E-state index in [2.05, 4.69) is 10.1 Å². The zero-order chi connectivity index (χ0) is 23.7. The van der Waals surface area contributed by atoms with Crippen molar-refractivity contribution in [2.45, 2.75) is 44.7 Å². The number of benzene rings is 2. The number of hydrogen-bond donors (Lipinski definition) is 0. The van der Waals surface area contributed by atoms with Gasteiger partial charge in [-0.1, -0.05) is 0 Å². The van der Waals surface area contributed by atoms with Crippen LogP contribution in [0.1, 0.15) is 52.8 Å².